The summed E-state index contributed by atoms with van der Waals surface area (Å²) in [5, 5.41) is 3.09. The second-order valence-electron chi connectivity index (χ2n) is 4.47. The Morgan fingerprint density at radius 2 is 1.89 bits per heavy atom. The third-order valence-electron chi connectivity index (χ3n) is 2.69. The molecule has 2 aromatic rings. The maximum Gasteiger partial charge on any atom is 0.222 e. The maximum absolute atomic E-state index is 5.66. The molecule has 0 fully saturated rings. The first kappa shape index (κ1) is 12.5. The molecule has 4 nitrogen and oxygen atoms in total. The van der Waals surface area contributed by atoms with E-state index in [1.54, 1.807) is 0 Å². The zero-order valence-corrected chi connectivity index (χ0v) is 10.7. The fraction of sp³-hybridized carbons (Fsp3) is 0.286. The number of aromatic nitrogens is 2. The zero-order chi connectivity index (χ0) is 13.0. The van der Waals surface area contributed by atoms with Gasteiger partial charge < -0.3 is 11.1 Å². The Hall–Kier alpha value is -1.94. The number of hydrogen-bond donors (Lipinski definition) is 2. The number of rotatable bonds is 4. The number of benzene rings is 1. The van der Waals surface area contributed by atoms with Gasteiger partial charge in [0.2, 0.25) is 5.95 Å². The smallest absolute Gasteiger partial charge is 0.222 e. The Morgan fingerprint density at radius 1 is 1.22 bits per heavy atom. The standard InChI is InChI=1S/C14H18N4/c1-10-5-3-4-6-13(10)12-8-17-14(18-9-12)16-7-11(2)15/h3-6,8-9,11H,7,15H2,1-2H3,(H,16,17,18). The summed E-state index contributed by atoms with van der Waals surface area (Å²) >= 11 is 0. The molecule has 3 N–H and O–H groups in total. The molecule has 0 aliphatic rings. The van der Waals surface area contributed by atoms with Gasteiger partial charge in [-0.1, -0.05) is 24.3 Å². The van der Waals surface area contributed by atoms with Crippen LogP contribution in [-0.2, 0) is 0 Å². The lowest BCUT2D eigenvalue weighted by Gasteiger charge is -2.08. The highest BCUT2D eigenvalue weighted by molar-refractivity contribution is 5.65. The fourth-order valence-electron chi connectivity index (χ4n) is 1.71. The van der Waals surface area contributed by atoms with Crippen LogP contribution in [0.1, 0.15) is 12.5 Å². The molecule has 1 aromatic heterocycles. The van der Waals surface area contributed by atoms with Crippen molar-refractivity contribution < 1.29 is 0 Å². The molecule has 2 rings (SSSR count). The van der Waals surface area contributed by atoms with Crippen LogP contribution < -0.4 is 11.1 Å². The summed E-state index contributed by atoms with van der Waals surface area (Å²) in [5.74, 6) is 0.615. The molecular formula is C14H18N4. The third kappa shape index (κ3) is 3.05. The summed E-state index contributed by atoms with van der Waals surface area (Å²) < 4.78 is 0. The Kier molecular flexibility index (Phi) is 3.89. The summed E-state index contributed by atoms with van der Waals surface area (Å²) in [6, 6.07) is 8.29. The van der Waals surface area contributed by atoms with Crippen LogP contribution in [0.15, 0.2) is 36.7 Å². The molecule has 0 bridgehead atoms. The summed E-state index contributed by atoms with van der Waals surface area (Å²) in [5.41, 5.74) is 9.07. The monoisotopic (exact) mass is 242 g/mol. The predicted molar refractivity (Wildman–Crippen MR) is 74.3 cm³/mol. The van der Waals surface area contributed by atoms with Crippen molar-refractivity contribution in [1.82, 2.24) is 9.97 Å². The first-order valence-electron chi connectivity index (χ1n) is 6.04. The van der Waals surface area contributed by atoms with Gasteiger partial charge in [-0.25, -0.2) is 9.97 Å². The normalized spacial score (nSPS) is 12.2. The van der Waals surface area contributed by atoms with Crippen molar-refractivity contribution in [3.63, 3.8) is 0 Å². The van der Waals surface area contributed by atoms with E-state index in [9.17, 15) is 0 Å². The highest BCUT2D eigenvalue weighted by Gasteiger charge is 2.03. The molecule has 0 aliphatic heterocycles. The molecule has 0 radical (unpaired) electrons. The average molecular weight is 242 g/mol. The van der Waals surface area contributed by atoms with Crippen LogP contribution in [0, 0.1) is 6.92 Å². The van der Waals surface area contributed by atoms with Crippen LogP contribution in [-0.4, -0.2) is 22.6 Å². The molecule has 1 aromatic carbocycles. The first-order valence-corrected chi connectivity index (χ1v) is 6.04. The van der Waals surface area contributed by atoms with Crippen LogP contribution in [0.2, 0.25) is 0 Å². The van der Waals surface area contributed by atoms with E-state index in [4.69, 9.17) is 5.73 Å². The Balaban J connectivity index is 2.15. The number of nitrogens with two attached hydrogens (primary N) is 1. The second kappa shape index (κ2) is 5.60. The topological polar surface area (TPSA) is 63.8 Å². The molecule has 0 saturated heterocycles. The Morgan fingerprint density at radius 3 is 2.50 bits per heavy atom. The number of nitrogens with zero attached hydrogens (tertiary/aromatic N) is 2. The lowest BCUT2D eigenvalue weighted by Crippen LogP contribution is -2.25. The van der Waals surface area contributed by atoms with Gasteiger partial charge in [-0.2, -0.15) is 0 Å². The number of nitrogens with one attached hydrogen (secondary N) is 1. The fourth-order valence-corrected chi connectivity index (χ4v) is 1.71. The number of hydrogen-bond acceptors (Lipinski definition) is 4. The van der Waals surface area contributed by atoms with E-state index in [1.807, 2.05) is 31.5 Å². The minimum Gasteiger partial charge on any atom is -0.353 e. The van der Waals surface area contributed by atoms with Crippen molar-refractivity contribution in [3.8, 4) is 11.1 Å². The molecule has 0 saturated carbocycles. The second-order valence-corrected chi connectivity index (χ2v) is 4.47. The van der Waals surface area contributed by atoms with Gasteiger partial charge in [0.25, 0.3) is 0 Å². The molecular weight excluding hydrogens is 224 g/mol. The summed E-state index contributed by atoms with van der Waals surface area (Å²) in [6.45, 7) is 4.69. The van der Waals surface area contributed by atoms with E-state index in [2.05, 4.69) is 34.3 Å². The van der Waals surface area contributed by atoms with E-state index < -0.39 is 0 Å². The molecule has 18 heavy (non-hydrogen) atoms. The number of aryl methyl sites for hydroxylation is 1. The lowest BCUT2D eigenvalue weighted by molar-refractivity contribution is 0.773. The molecule has 0 amide bonds. The van der Waals surface area contributed by atoms with E-state index in [1.165, 1.54) is 5.56 Å². The van der Waals surface area contributed by atoms with Crippen molar-refractivity contribution in [1.29, 1.82) is 0 Å². The van der Waals surface area contributed by atoms with Gasteiger partial charge in [0.1, 0.15) is 0 Å². The Labute approximate surface area is 107 Å². The van der Waals surface area contributed by atoms with E-state index in [-0.39, 0.29) is 6.04 Å². The summed E-state index contributed by atoms with van der Waals surface area (Å²) in [7, 11) is 0. The third-order valence-corrected chi connectivity index (χ3v) is 2.69. The molecule has 1 heterocycles. The minimum absolute atomic E-state index is 0.0876. The highest BCUT2D eigenvalue weighted by Crippen LogP contribution is 2.21. The van der Waals surface area contributed by atoms with E-state index in [0.717, 1.165) is 11.1 Å². The minimum atomic E-state index is 0.0876. The van der Waals surface area contributed by atoms with Crippen LogP contribution in [0.4, 0.5) is 5.95 Å². The van der Waals surface area contributed by atoms with Crippen molar-refractivity contribution in [2.45, 2.75) is 19.9 Å². The van der Waals surface area contributed by atoms with Crippen molar-refractivity contribution >= 4 is 5.95 Å². The molecule has 1 atom stereocenters. The van der Waals surface area contributed by atoms with Gasteiger partial charge in [0.15, 0.2) is 0 Å². The van der Waals surface area contributed by atoms with Crippen LogP contribution in [0.25, 0.3) is 11.1 Å². The van der Waals surface area contributed by atoms with Gasteiger partial charge in [-0.3, -0.25) is 0 Å². The van der Waals surface area contributed by atoms with Crippen LogP contribution in [0.5, 0.6) is 0 Å². The van der Waals surface area contributed by atoms with Gasteiger partial charge >= 0.3 is 0 Å². The zero-order valence-electron chi connectivity index (χ0n) is 10.7. The highest BCUT2D eigenvalue weighted by atomic mass is 15.1. The van der Waals surface area contributed by atoms with Gasteiger partial charge in [-0.15, -0.1) is 0 Å². The summed E-state index contributed by atoms with van der Waals surface area (Å²) in [4.78, 5) is 8.58. The molecule has 0 spiro atoms. The molecule has 1 unspecified atom stereocenters. The first-order chi connectivity index (χ1) is 8.66. The van der Waals surface area contributed by atoms with Crippen LogP contribution >= 0.6 is 0 Å². The largest absolute Gasteiger partial charge is 0.353 e. The molecule has 94 valence electrons. The molecule has 4 heteroatoms. The van der Waals surface area contributed by atoms with E-state index >= 15 is 0 Å². The SMILES string of the molecule is Cc1ccccc1-c1cnc(NCC(C)N)nc1. The van der Waals surface area contributed by atoms with Crippen molar-refractivity contribution in [2.75, 3.05) is 11.9 Å². The van der Waals surface area contributed by atoms with Gasteiger partial charge in [0, 0.05) is 30.5 Å². The average Bonchev–Trinajstić information content (AvgIpc) is 2.38. The van der Waals surface area contributed by atoms with Crippen LogP contribution in [0.3, 0.4) is 0 Å². The molecule has 0 aliphatic carbocycles. The Bertz CT molecular complexity index is 505. The van der Waals surface area contributed by atoms with Crippen molar-refractivity contribution in [3.05, 3.63) is 42.2 Å². The number of anilines is 1. The quantitative estimate of drug-likeness (QED) is 0.862. The summed E-state index contributed by atoms with van der Waals surface area (Å²) in [6.07, 6.45) is 3.66. The van der Waals surface area contributed by atoms with Crippen molar-refractivity contribution in [2.24, 2.45) is 5.73 Å². The van der Waals surface area contributed by atoms with Gasteiger partial charge in [0.05, 0.1) is 0 Å². The van der Waals surface area contributed by atoms with E-state index in [0.29, 0.717) is 12.5 Å². The maximum atomic E-state index is 5.66. The van der Waals surface area contributed by atoms with Gasteiger partial charge in [-0.05, 0) is 25.0 Å². The predicted octanol–water partition coefficient (Wildman–Crippen LogP) is 2.21. The lowest BCUT2D eigenvalue weighted by atomic mass is 10.0.